The van der Waals surface area contributed by atoms with Gasteiger partial charge in [-0.15, -0.1) is 0 Å². The van der Waals surface area contributed by atoms with Crippen LogP contribution in [0.4, 0.5) is 10.1 Å². The molecule has 178 valence electrons. The highest BCUT2D eigenvalue weighted by molar-refractivity contribution is 6.31. The molecule has 1 aliphatic heterocycles. The predicted molar refractivity (Wildman–Crippen MR) is 128 cm³/mol. The quantitative estimate of drug-likeness (QED) is 0.637. The number of amides is 2. The van der Waals surface area contributed by atoms with E-state index in [-0.39, 0.29) is 42.2 Å². The average Bonchev–Trinajstić information content (AvgIpc) is 2.76. The summed E-state index contributed by atoms with van der Waals surface area (Å²) in [6.45, 7) is 9.52. The van der Waals surface area contributed by atoms with Gasteiger partial charge in [0.05, 0.1) is 5.69 Å². The van der Waals surface area contributed by atoms with Crippen molar-refractivity contribution in [2.24, 2.45) is 5.92 Å². The number of carbonyl (C=O) groups is 2. The summed E-state index contributed by atoms with van der Waals surface area (Å²) in [7, 11) is 0. The highest BCUT2D eigenvalue weighted by Gasteiger charge is 2.32. The number of rotatable bonds is 7. The molecule has 1 N–H and O–H groups in total. The van der Waals surface area contributed by atoms with Crippen LogP contribution in [0.25, 0.3) is 0 Å². The molecular weight excluding hydrogens is 445 g/mol. The normalized spacial score (nSPS) is 18.9. The Morgan fingerprint density at radius 2 is 1.82 bits per heavy atom. The van der Waals surface area contributed by atoms with Crippen LogP contribution < -0.4 is 10.1 Å². The Labute approximate surface area is 199 Å². The van der Waals surface area contributed by atoms with Gasteiger partial charge < -0.3 is 15.0 Å². The van der Waals surface area contributed by atoms with Gasteiger partial charge in [0.1, 0.15) is 11.6 Å². The van der Waals surface area contributed by atoms with Crippen LogP contribution in [0.15, 0.2) is 42.5 Å². The fraction of sp³-hybridized carbons (Fsp3) is 0.440. The Balaban J connectivity index is 1.60. The maximum absolute atomic E-state index is 13.2. The minimum absolute atomic E-state index is 0.00285. The number of halogens is 2. The van der Waals surface area contributed by atoms with Crippen LogP contribution in [0.2, 0.25) is 5.02 Å². The van der Waals surface area contributed by atoms with E-state index < -0.39 is 0 Å². The van der Waals surface area contributed by atoms with Gasteiger partial charge in [0, 0.05) is 42.7 Å². The molecule has 3 rings (SSSR count). The van der Waals surface area contributed by atoms with Crippen molar-refractivity contribution in [3.05, 3.63) is 58.9 Å². The molecule has 2 aromatic rings. The maximum atomic E-state index is 13.2. The molecule has 0 bridgehead atoms. The lowest BCUT2D eigenvalue weighted by molar-refractivity contribution is -0.139. The van der Waals surface area contributed by atoms with E-state index in [9.17, 15) is 14.0 Å². The number of piperazine rings is 1. The Hall–Kier alpha value is -2.64. The van der Waals surface area contributed by atoms with Gasteiger partial charge in [-0.05, 0) is 49.7 Å². The van der Waals surface area contributed by atoms with Crippen LogP contribution in [-0.2, 0) is 16.1 Å². The summed E-state index contributed by atoms with van der Waals surface area (Å²) in [5, 5.41) is 3.26. The molecule has 1 heterocycles. The first-order chi connectivity index (χ1) is 15.6. The molecule has 1 saturated heterocycles. The first-order valence-electron chi connectivity index (χ1n) is 11.1. The summed E-state index contributed by atoms with van der Waals surface area (Å²) in [6, 6.07) is 11.6. The van der Waals surface area contributed by atoms with Crippen LogP contribution in [0.5, 0.6) is 5.75 Å². The zero-order valence-electron chi connectivity index (χ0n) is 19.5. The maximum Gasteiger partial charge on any atom is 0.260 e. The first kappa shape index (κ1) is 25.0. The van der Waals surface area contributed by atoms with E-state index in [1.807, 2.05) is 11.8 Å². The van der Waals surface area contributed by atoms with Crippen molar-refractivity contribution >= 4 is 29.1 Å². The van der Waals surface area contributed by atoms with Gasteiger partial charge in [0.2, 0.25) is 5.91 Å². The van der Waals surface area contributed by atoms with E-state index in [1.165, 1.54) is 12.1 Å². The van der Waals surface area contributed by atoms with Crippen LogP contribution in [0.3, 0.4) is 0 Å². The van der Waals surface area contributed by atoms with E-state index in [0.29, 0.717) is 36.1 Å². The van der Waals surface area contributed by atoms with Crippen molar-refractivity contribution in [1.82, 2.24) is 9.80 Å². The average molecular weight is 476 g/mol. The number of hydrogen-bond acceptors (Lipinski definition) is 4. The topological polar surface area (TPSA) is 61.9 Å². The summed E-state index contributed by atoms with van der Waals surface area (Å²) in [5.74, 6) is -0.326. The number of ether oxygens (including phenoxy) is 1. The van der Waals surface area contributed by atoms with Crippen molar-refractivity contribution in [2.45, 2.75) is 46.3 Å². The molecule has 2 amide bonds. The zero-order chi connectivity index (χ0) is 24.1. The third kappa shape index (κ3) is 6.68. The SMILES string of the molecule is CC(C)C(=O)Nc1cc(Cl)ccc1OCC(=O)N1C[C@@H](C)N(Cc2ccc(F)cc2)C[C@@H]1C. The van der Waals surface area contributed by atoms with Gasteiger partial charge in [0.15, 0.2) is 6.61 Å². The highest BCUT2D eigenvalue weighted by Crippen LogP contribution is 2.29. The van der Waals surface area contributed by atoms with Crippen LogP contribution >= 0.6 is 11.6 Å². The number of benzene rings is 2. The molecule has 0 aliphatic carbocycles. The van der Waals surface area contributed by atoms with Crippen molar-refractivity contribution in [3.63, 3.8) is 0 Å². The second kappa shape index (κ2) is 11.0. The van der Waals surface area contributed by atoms with Crippen molar-refractivity contribution < 1.29 is 18.7 Å². The number of nitrogens with one attached hydrogen (secondary N) is 1. The van der Waals surface area contributed by atoms with Crippen LogP contribution in [-0.4, -0.2) is 53.4 Å². The Morgan fingerprint density at radius 1 is 1.12 bits per heavy atom. The molecule has 0 aromatic heterocycles. The van der Waals surface area contributed by atoms with Gasteiger partial charge in [-0.3, -0.25) is 14.5 Å². The summed E-state index contributed by atoms with van der Waals surface area (Å²) in [5.41, 5.74) is 1.48. The highest BCUT2D eigenvalue weighted by atomic mass is 35.5. The van der Waals surface area contributed by atoms with E-state index in [2.05, 4.69) is 17.1 Å². The Morgan fingerprint density at radius 3 is 2.48 bits per heavy atom. The van der Waals surface area contributed by atoms with Gasteiger partial charge in [0.25, 0.3) is 5.91 Å². The van der Waals surface area contributed by atoms with E-state index in [4.69, 9.17) is 16.3 Å². The molecule has 8 heteroatoms. The van der Waals surface area contributed by atoms with E-state index in [1.54, 1.807) is 44.2 Å². The molecular formula is C25H31ClFN3O3. The third-order valence-electron chi connectivity index (χ3n) is 5.81. The monoisotopic (exact) mass is 475 g/mol. The number of carbonyl (C=O) groups excluding carboxylic acids is 2. The molecule has 33 heavy (non-hydrogen) atoms. The summed E-state index contributed by atoms with van der Waals surface area (Å²) in [4.78, 5) is 29.2. The van der Waals surface area contributed by atoms with Crippen molar-refractivity contribution in [3.8, 4) is 5.75 Å². The van der Waals surface area contributed by atoms with Crippen LogP contribution in [0.1, 0.15) is 33.3 Å². The largest absolute Gasteiger partial charge is 0.482 e. The lowest BCUT2D eigenvalue weighted by atomic mass is 10.1. The predicted octanol–water partition coefficient (Wildman–Crippen LogP) is 4.57. The lowest BCUT2D eigenvalue weighted by Gasteiger charge is -2.44. The fourth-order valence-corrected chi connectivity index (χ4v) is 3.99. The van der Waals surface area contributed by atoms with Gasteiger partial charge in [-0.1, -0.05) is 37.6 Å². The molecule has 0 saturated carbocycles. The Kier molecular flexibility index (Phi) is 8.32. The minimum Gasteiger partial charge on any atom is -0.482 e. The summed E-state index contributed by atoms with van der Waals surface area (Å²) < 4.78 is 19.0. The molecule has 2 atom stereocenters. The standard InChI is InChI=1S/C25H31ClFN3O3/c1-16(2)25(32)28-22-11-20(26)7-10-23(22)33-15-24(31)30-13-17(3)29(12-18(30)4)14-19-5-8-21(27)9-6-19/h5-11,16-18H,12-15H2,1-4H3,(H,28,32)/t17-,18+/m1/s1. The smallest absolute Gasteiger partial charge is 0.260 e. The molecule has 0 radical (unpaired) electrons. The van der Waals surface area contributed by atoms with E-state index in [0.717, 1.165) is 5.56 Å². The molecule has 1 fully saturated rings. The zero-order valence-corrected chi connectivity index (χ0v) is 20.2. The second-order valence-electron chi connectivity index (χ2n) is 8.87. The van der Waals surface area contributed by atoms with Crippen LogP contribution in [0, 0.1) is 11.7 Å². The van der Waals surface area contributed by atoms with Crippen molar-refractivity contribution in [1.29, 1.82) is 0 Å². The van der Waals surface area contributed by atoms with Gasteiger partial charge in [-0.25, -0.2) is 4.39 Å². The molecule has 0 unspecified atom stereocenters. The molecule has 6 nitrogen and oxygen atoms in total. The third-order valence-corrected chi connectivity index (χ3v) is 6.04. The number of nitrogens with zero attached hydrogens (tertiary/aromatic N) is 2. The minimum atomic E-state index is -0.247. The van der Waals surface area contributed by atoms with Gasteiger partial charge in [-0.2, -0.15) is 0 Å². The van der Waals surface area contributed by atoms with Gasteiger partial charge >= 0.3 is 0 Å². The number of anilines is 1. The number of hydrogen-bond donors (Lipinski definition) is 1. The Bertz CT molecular complexity index is 983. The first-order valence-corrected chi connectivity index (χ1v) is 11.5. The van der Waals surface area contributed by atoms with E-state index >= 15 is 0 Å². The molecule has 1 aliphatic rings. The van der Waals surface area contributed by atoms with Crippen molar-refractivity contribution in [2.75, 3.05) is 25.0 Å². The molecule has 0 spiro atoms. The lowest BCUT2D eigenvalue weighted by Crippen LogP contribution is -2.58. The summed E-state index contributed by atoms with van der Waals surface area (Å²) >= 11 is 6.07. The fourth-order valence-electron chi connectivity index (χ4n) is 3.82. The second-order valence-corrected chi connectivity index (χ2v) is 9.31. The summed E-state index contributed by atoms with van der Waals surface area (Å²) in [6.07, 6.45) is 0. The molecule has 2 aromatic carbocycles.